The topological polar surface area (TPSA) is 101 Å². The number of benzene rings is 13. The summed E-state index contributed by atoms with van der Waals surface area (Å²) < 4.78 is 115. The van der Waals surface area contributed by atoms with Crippen LogP contribution in [0.1, 0.15) is 151 Å². The van der Waals surface area contributed by atoms with Crippen LogP contribution in [0, 0.1) is 45.0 Å². The summed E-state index contributed by atoms with van der Waals surface area (Å²) in [6.45, 7) is 16.4. The molecule has 3 aliphatic heterocycles. The quantitative estimate of drug-likeness (QED) is 0.0532. The molecule has 0 bridgehead atoms. The third kappa shape index (κ3) is 15.7. The van der Waals surface area contributed by atoms with Crippen LogP contribution >= 0.6 is 11.3 Å². The van der Waals surface area contributed by atoms with E-state index in [2.05, 4.69) is 306 Å². The average molecular weight is 2270 g/mol. The van der Waals surface area contributed by atoms with Crippen LogP contribution in [0.4, 0.5) is 17.1 Å². The van der Waals surface area contributed by atoms with Crippen LogP contribution in [0.2, 0.25) is 0 Å². The van der Waals surface area contributed by atoms with E-state index in [1.54, 1.807) is 11.3 Å². The molecule has 24 rings (SSSR count). The van der Waals surface area contributed by atoms with Gasteiger partial charge in [0.05, 0.1) is 34.7 Å². The molecule has 9 nitrogen and oxygen atoms in total. The number of rotatable bonds is 8. The Morgan fingerprint density at radius 1 is 0.565 bits per heavy atom. The minimum absolute atomic E-state index is 0. The number of carbonyl (C=O) groups is 1. The Kier molecular flexibility index (Phi) is 20.9. The molecule has 1 atom stereocenters. The molecule has 10 heterocycles. The molecular formula is C118H94Ir2N7O2PtS-. The molecule has 1 N–H and O–H groups in total. The molecule has 1 aliphatic carbocycles. The number of anilines is 3. The number of nitrogens with zero attached hydrogens (tertiary/aromatic N) is 7. The first kappa shape index (κ1) is 74.9. The van der Waals surface area contributed by atoms with Crippen molar-refractivity contribution >= 4 is 93.3 Å². The Bertz CT molecular complexity index is 8520. The summed E-state index contributed by atoms with van der Waals surface area (Å²) in [6, 6.07) is 104. The average Bonchev–Trinajstić information content (AvgIpc) is 1.03. The van der Waals surface area contributed by atoms with Crippen molar-refractivity contribution in [1.29, 1.82) is 0 Å². The summed E-state index contributed by atoms with van der Waals surface area (Å²) in [4.78, 5) is 31.5. The van der Waals surface area contributed by atoms with Crippen molar-refractivity contribution in [1.82, 2.24) is 24.5 Å². The maximum Gasteiger partial charge on any atom is 2.00 e. The number of pyridine rings is 5. The van der Waals surface area contributed by atoms with Crippen molar-refractivity contribution < 1.29 is 93.4 Å². The molecule has 648 valence electrons. The van der Waals surface area contributed by atoms with Gasteiger partial charge in [0.25, 0.3) is 5.65 Å². The fraction of sp³-hybridized carbons (Fsp3) is 0.136. The fourth-order valence-electron chi connectivity index (χ4n) is 19.2. The summed E-state index contributed by atoms with van der Waals surface area (Å²) >= 11 is 1.78. The summed E-state index contributed by atoms with van der Waals surface area (Å²) in [5.41, 5.74) is 23.5. The number of para-hydroxylation sites is 2. The molecule has 1 unspecified atom stereocenters. The zero-order chi connectivity index (χ0) is 99.1. The van der Waals surface area contributed by atoms with Crippen LogP contribution in [0.25, 0.3) is 115 Å². The maximum absolute atomic E-state index is 10.0. The van der Waals surface area contributed by atoms with Crippen LogP contribution in [0.3, 0.4) is 0 Å². The van der Waals surface area contributed by atoms with Gasteiger partial charge in [0.15, 0.2) is 11.5 Å². The second-order valence-electron chi connectivity index (χ2n) is 34.4. The first-order valence-corrected chi connectivity index (χ1v) is 43.6. The molecule has 13 aromatic carbocycles. The summed E-state index contributed by atoms with van der Waals surface area (Å²) in [7, 11) is 0. The summed E-state index contributed by atoms with van der Waals surface area (Å²) in [5, 5.41) is 16.0. The molecule has 0 amide bonds. The van der Waals surface area contributed by atoms with Crippen molar-refractivity contribution in [2.75, 3.05) is 4.90 Å². The van der Waals surface area contributed by atoms with Gasteiger partial charge in [-0.3, -0.25) is 9.78 Å². The van der Waals surface area contributed by atoms with E-state index < -0.39 is 35.3 Å². The molecule has 7 aromatic heterocycles. The summed E-state index contributed by atoms with van der Waals surface area (Å²) in [5.74, 6) is -0.0625. The molecule has 0 spiro atoms. The van der Waals surface area contributed by atoms with E-state index in [0.29, 0.717) is 10.9 Å². The molecule has 0 saturated heterocycles. The predicted molar refractivity (Wildman–Crippen MR) is 526 cm³/mol. The van der Waals surface area contributed by atoms with Crippen molar-refractivity contribution in [2.45, 2.75) is 104 Å². The number of fused-ring (bicyclic) bond motifs is 12. The summed E-state index contributed by atoms with van der Waals surface area (Å²) in [6.07, 6.45) is 6.50. The fourth-order valence-corrected chi connectivity index (χ4v) is 20.1. The number of hydrogen-bond acceptors (Lipinski definition) is 8. The largest absolute Gasteiger partial charge is 2.00 e. The molecular weight excluding hydrogens is 2160 g/mol. The van der Waals surface area contributed by atoms with Gasteiger partial charge in [-0.05, 0) is 182 Å². The van der Waals surface area contributed by atoms with E-state index in [9.17, 15) is 6.17 Å². The van der Waals surface area contributed by atoms with Gasteiger partial charge in [0.2, 0.25) is 0 Å². The molecule has 13 heteroatoms. The molecule has 2 radical (unpaired) electrons. The van der Waals surface area contributed by atoms with E-state index in [-0.39, 0.29) is 183 Å². The number of hydrogen-bond donors (Lipinski definition) is 1. The van der Waals surface area contributed by atoms with E-state index in [0.717, 1.165) is 73.2 Å². The monoisotopic (exact) mass is 2270 g/mol. The second kappa shape index (κ2) is 36.5. The van der Waals surface area contributed by atoms with Gasteiger partial charge < -0.3 is 25.0 Å². The number of aromatic nitrogens is 6. The van der Waals surface area contributed by atoms with Gasteiger partial charge in [0, 0.05) is 112 Å². The Balaban J connectivity index is 0.000000136. The smallest absolute Gasteiger partial charge is 0.512 e. The van der Waals surface area contributed by atoms with Crippen LogP contribution in [0.15, 0.2) is 357 Å². The Hall–Kier alpha value is -12.9. The standard InChI is InChI=1S/C49H33N3.C25H21N2.C21H18NS.C18H14N.C5H8O2.2Ir.Pt/c1-48(36-16-5-2-6-17-36)39-28-26-34(43-24-11-13-30-50-43)32-45(39)52-46-33-35(44-25-12-14-31-51-44)27-29-40(46)49(37-18-7-3-8-19-37,38-20-9-4-10-21-38)42-23-15-22-41(48)47(42)52;1-15-10-11-21-20(12-15)19-9-5-8-18-13-26-14-22(27(21)25(26)24(18)19)23-16(2)6-4-7-17(23)3;1-21(2,3)15-10-8-14(9-11-15)19-17-12-13-23-20(17)16-6-4-5-7-18(16)22-19;1-18(2)14-8-4-3-7-13(14)17-16-12(10-11-19-17)6-5-9-15(16)18;1-4(6)3-5(2)7;;;/h2-31H,1H3;4-12,14H,13H2,1-3H3;4-8,10-13H,1-3H3;3-6,8-11H,1-2H3;3,6H,1-2H3;;;/q-2;+1;2*-1;;;;+2/i;2D3,4D,5D,6D,7D,8D,9D,10D,11D,12D,14D;;;;;;. The first-order chi connectivity index (χ1) is 67.6. The van der Waals surface area contributed by atoms with Crippen molar-refractivity contribution in [2.24, 2.45) is 0 Å². The minimum Gasteiger partial charge on any atom is -0.512 e. The second-order valence-corrected chi connectivity index (χ2v) is 35.3. The molecule has 0 fully saturated rings. The van der Waals surface area contributed by atoms with Crippen LogP contribution < -0.4 is 9.30 Å². The zero-order valence-electron chi connectivity index (χ0n) is 86.3. The predicted octanol–water partition coefficient (Wildman–Crippen LogP) is 28.3. The molecule has 20 aromatic rings. The van der Waals surface area contributed by atoms with Gasteiger partial charge >= 0.3 is 21.1 Å². The Morgan fingerprint density at radius 2 is 1.19 bits per heavy atom. The SMILES string of the molecule is CC(=O)C=C(C)O.CC(C)(C)c1c[c-]c(-c2nc3ccccc3c3sccc23)cc1.CC1(C)c2ccc[c-]c2-c2nccc3cccc1c23.CC1(c2ccccc2)c2ccc(-c3ccccn3)[c-]c2N2c3[c-]c(-c4ccccn4)ccc3C(c3ccccc3)(c3ccccc3)c3cccc1c32.[2H]c1c([2H])c(C)c(-c2c([2H])n3c4c5c(c([2H])c([2H])c([2H])c5c5c([2H])c(C)c([2H])c([2H])c5[n+]24)C3)c(C([2H])([2H])[2H])c1[2H].[Ir].[Ir].[Pt+2]. The van der Waals surface area contributed by atoms with Gasteiger partial charge in [-0.1, -0.05) is 276 Å². The van der Waals surface area contributed by atoms with E-state index >= 15 is 0 Å². The first-order valence-electron chi connectivity index (χ1n) is 49.2. The van der Waals surface area contributed by atoms with E-state index in [1.165, 1.54) is 119 Å². The van der Waals surface area contributed by atoms with Crippen molar-refractivity contribution in [3.05, 3.63) is 459 Å². The van der Waals surface area contributed by atoms with Gasteiger partial charge in [0.1, 0.15) is 19.6 Å². The number of carbonyl (C=O) groups excluding carboxylic acids is 1. The molecule has 4 aliphatic rings. The van der Waals surface area contributed by atoms with Gasteiger partial charge in [-0.25, -0.2) is 4.57 Å². The van der Waals surface area contributed by atoms with E-state index in [1.807, 2.05) is 55.0 Å². The third-order valence-corrected chi connectivity index (χ3v) is 26.0. The third-order valence-electron chi connectivity index (χ3n) is 25.1. The Labute approximate surface area is 829 Å². The van der Waals surface area contributed by atoms with Crippen molar-refractivity contribution in [3.63, 3.8) is 0 Å². The van der Waals surface area contributed by atoms with Crippen LogP contribution in [-0.4, -0.2) is 35.4 Å². The number of thiophene rings is 1. The van der Waals surface area contributed by atoms with E-state index in [4.69, 9.17) is 36.5 Å². The molecule has 0 saturated carbocycles. The number of aliphatic hydroxyl groups excluding tert-OH is 1. The normalized spacial score (nSPS) is 15.6. The number of imidazole rings is 1. The number of ketones is 1. The molecule has 131 heavy (non-hydrogen) atoms. The number of aliphatic hydroxyl groups is 1. The number of allylic oxidation sites excluding steroid dienone is 2. The van der Waals surface area contributed by atoms with Crippen LogP contribution in [0.5, 0.6) is 0 Å². The minimum atomic E-state index is -2.91. The Morgan fingerprint density at radius 3 is 1.85 bits per heavy atom. The van der Waals surface area contributed by atoms with Gasteiger partial charge in [-0.2, -0.15) is 4.40 Å². The van der Waals surface area contributed by atoms with Gasteiger partial charge in [-0.15, -0.1) is 130 Å². The van der Waals surface area contributed by atoms with Crippen molar-refractivity contribution in [3.8, 4) is 56.3 Å². The van der Waals surface area contributed by atoms with Crippen LogP contribution in [-0.2, 0) is 94.3 Å². The maximum atomic E-state index is 10.0. The zero-order valence-corrected chi connectivity index (χ0v) is 81.2.